The van der Waals surface area contributed by atoms with Gasteiger partial charge < -0.3 is 0 Å². The zero-order valence-corrected chi connectivity index (χ0v) is 19.7. The number of nitro groups is 1. The first-order valence-corrected chi connectivity index (χ1v) is 11.8. The molecule has 0 aromatic heterocycles. The third-order valence-corrected chi connectivity index (χ3v) is 7.76. The first-order chi connectivity index (χ1) is 16.7. The molecule has 2 bridgehead atoms. The predicted molar refractivity (Wildman–Crippen MR) is 125 cm³/mol. The molecule has 0 spiro atoms. The van der Waals surface area contributed by atoms with E-state index in [-0.39, 0.29) is 38.7 Å². The lowest BCUT2D eigenvalue weighted by atomic mass is 9.81. The molecule has 35 heavy (non-hydrogen) atoms. The van der Waals surface area contributed by atoms with Crippen molar-refractivity contribution in [3.63, 3.8) is 0 Å². The van der Waals surface area contributed by atoms with E-state index >= 15 is 0 Å². The summed E-state index contributed by atoms with van der Waals surface area (Å²) in [4.78, 5) is 64.1. The Kier molecular flexibility index (Phi) is 5.85. The monoisotopic (exact) mass is 515 g/mol. The number of hydrogen-bond acceptors (Lipinski definition) is 6. The molecule has 2 aliphatic carbocycles. The topological polar surface area (TPSA) is 118 Å². The largest absolute Gasteiger partial charge is 0.292 e. The van der Waals surface area contributed by atoms with Gasteiger partial charge in [0.1, 0.15) is 6.54 Å². The van der Waals surface area contributed by atoms with E-state index in [0.29, 0.717) is 0 Å². The lowest BCUT2D eigenvalue weighted by molar-refractivity contribution is -0.384. The van der Waals surface area contributed by atoms with Crippen LogP contribution in [0.5, 0.6) is 0 Å². The summed E-state index contributed by atoms with van der Waals surface area (Å²) in [5, 5.41) is 13.0. The number of nitrogens with zero attached hydrogens (tertiary/aromatic N) is 3. The molecule has 0 N–H and O–H groups in total. The van der Waals surface area contributed by atoms with Gasteiger partial charge in [-0.3, -0.25) is 29.3 Å². The van der Waals surface area contributed by atoms with Crippen LogP contribution in [-0.4, -0.2) is 45.0 Å². The van der Waals surface area contributed by atoms with E-state index in [4.69, 9.17) is 23.2 Å². The van der Waals surface area contributed by atoms with Crippen molar-refractivity contribution in [2.24, 2.45) is 23.7 Å². The van der Waals surface area contributed by atoms with Crippen LogP contribution in [0.25, 0.3) is 0 Å². The number of ketones is 1. The zero-order valence-electron chi connectivity index (χ0n) is 18.2. The summed E-state index contributed by atoms with van der Waals surface area (Å²) in [6, 6.07) is 9.18. The maximum absolute atomic E-state index is 13.6. The Morgan fingerprint density at radius 3 is 2.29 bits per heavy atom. The summed E-state index contributed by atoms with van der Waals surface area (Å²) < 4.78 is 0. The van der Waals surface area contributed by atoms with Gasteiger partial charge >= 0.3 is 0 Å². The van der Waals surface area contributed by atoms with Gasteiger partial charge in [-0.2, -0.15) is 5.01 Å². The fourth-order valence-electron chi connectivity index (χ4n) is 5.69. The summed E-state index contributed by atoms with van der Waals surface area (Å²) in [6.45, 7) is -0.675. The van der Waals surface area contributed by atoms with Crippen LogP contribution in [0.1, 0.15) is 40.0 Å². The van der Waals surface area contributed by atoms with Gasteiger partial charge in [-0.05, 0) is 49.3 Å². The van der Waals surface area contributed by atoms with E-state index in [1.165, 1.54) is 36.4 Å². The number of non-ortho nitro benzene ring substituents is 1. The van der Waals surface area contributed by atoms with Crippen LogP contribution in [0, 0.1) is 33.8 Å². The van der Waals surface area contributed by atoms with Crippen LogP contribution in [0.15, 0.2) is 42.5 Å². The van der Waals surface area contributed by atoms with Gasteiger partial charge in [0.05, 0.1) is 27.3 Å². The molecule has 9 nitrogen and oxygen atoms in total. The van der Waals surface area contributed by atoms with Crippen LogP contribution in [-0.2, 0) is 9.59 Å². The minimum absolute atomic E-state index is 0.00495. The number of carbonyl (C=O) groups is 4. The fourth-order valence-corrected chi connectivity index (χ4v) is 6.18. The fraction of sp³-hybridized carbons (Fsp3) is 0.333. The molecular formula is C24H19Cl2N3O6. The Hall–Kier alpha value is -3.30. The molecule has 3 amide bonds. The minimum atomic E-state index is -0.820. The molecule has 1 aliphatic heterocycles. The van der Waals surface area contributed by atoms with Gasteiger partial charge in [-0.15, -0.1) is 0 Å². The average molecular weight is 516 g/mol. The molecule has 0 unspecified atom stereocenters. The SMILES string of the molecule is O=C(CN(C(=O)c1ccc(Cl)cc1Cl)N1C(=O)[C@H]2[C@@H]3CC[C@@H](C3)[C@@H]2C1=O)c1cccc([N+](=O)[O-])c1. The molecule has 3 aliphatic rings. The van der Waals surface area contributed by atoms with Crippen LogP contribution in [0.2, 0.25) is 10.0 Å². The van der Waals surface area contributed by atoms with Gasteiger partial charge in [0.15, 0.2) is 5.78 Å². The maximum atomic E-state index is 13.6. The van der Waals surface area contributed by atoms with Gasteiger partial charge in [-0.25, -0.2) is 5.01 Å². The van der Waals surface area contributed by atoms with Gasteiger partial charge in [-0.1, -0.05) is 35.3 Å². The van der Waals surface area contributed by atoms with E-state index < -0.39 is 46.8 Å². The number of imide groups is 1. The first-order valence-electron chi connectivity index (χ1n) is 11.1. The van der Waals surface area contributed by atoms with E-state index in [1.807, 2.05) is 0 Å². The highest BCUT2D eigenvalue weighted by molar-refractivity contribution is 6.36. The lowest BCUT2D eigenvalue weighted by Gasteiger charge is -2.31. The van der Waals surface area contributed by atoms with Gasteiger partial charge in [0.25, 0.3) is 23.4 Å². The quantitative estimate of drug-likeness (QED) is 0.246. The Morgan fingerprint density at radius 2 is 1.69 bits per heavy atom. The molecule has 5 rings (SSSR count). The lowest BCUT2D eigenvalue weighted by Crippen LogP contribution is -2.52. The third kappa shape index (κ3) is 3.88. The second-order valence-corrected chi connectivity index (χ2v) is 9.93. The molecule has 3 fully saturated rings. The van der Waals surface area contributed by atoms with Crippen molar-refractivity contribution in [1.29, 1.82) is 0 Å². The van der Waals surface area contributed by atoms with E-state index in [1.54, 1.807) is 0 Å². The minimum Gasteiger partial charge on any atom is -0.292 e. The molecule has 2 saturated carbocycles. The molecule has 2 aromatic rings. The molecule has 4 atom stereocenters. The van der Waals surface area contributed by atoms with Crippen molar-refractivity contribution >= 4 is 52.4 Å². The highest BCUT2D eigenvalue weighted by atomic mass is 35.5. The molecule has 1 heterocycles. The van der Waals surface area contributed by atoms with Crippen LogP contribution >= 0.6 is 23.2 Å². The number of hydrazine groups is 1. The smallest absolute Gasteiger partial charge is 0.274 e. The predicted octanol–water partition coefficient (Wildman–Crippen LogP) is 4.17. The normalized spacial score (nSPS) is 24.6. The van der Waals surface area contributed by atoms with Crippen molar-refractivity contribution in [2.75, 3.05) is 6.54 Å². The summed E-state index contributed by atoms with van der Waals surface area (Å²) in [7, 11) is 0. The molecule has 11 heteroatoms. The van der Waals surface area contributed by atoms with E-state index in [9.17, 15) is 29.3 Å². The summed E-state index contributed by atoms with van der Waals surface area (Å²) in [5.41, 5.74) is -0.365. The Bertz CT molecular complexity index is 1270. The number of fused-ring (bicyclic) bond motifs is 5. The summed E-state index contributed by atoms with van der Waals surface area (Å²) in [5.74, 6) is -3.36. The van der Waals surface area contributed by atoms with Crippen molar-refractivity contribution in [3.8, 4) is 0 Å². The third-order valence-electron chi connectivity index (χ3n) is 7.21. The van der Waals surface area contributed by atoms with Crippen LogP contribution in [0.4, 0.5) is 5.69 Å². The number of nitro benzene ring substituents is 1. The van der Waals surface area contributed by atoms with E-state index in [0.717, 1.165) is 35.3 Å². The highest BCUT2D eigenvalue weighted by Crippen LogP contribution is 2.56. The number of rotatable bonds is 6. The zero-order chi connectivity index (χ0) is 25.0. The Balaban J connectivity index is 1.52. The average Bonchev–Trinajstić information content (AvgIpc) is 3.51. The van der Waals surface area contributed by atoms with E-state index in [2.05, 4.69) is 0 Å². The summed E-state index contributed by atoms with van der Waals surface area (Å²) >= 11 is 12.2. The second kappa shape index (κ2) is 8.73. The van der Waals surface area contributed by atoms with Crippen molar-refractivity contribution in [2.45, 2.75) is 19.3 Å². The number of hydrogen-bond donors (Lipinski definition) is 0. The first kappa shape index (κ1) is 23.4. The van der Waals surface area contributed by atoms with Crippen molar-refractivity contribution in [3.05, 3.63) is 73.8 Å². The Labute approximate surface area is 209 Å². The van der Waals surface area contributed by atoms with Crippen LogP contribution in [0.3, 0.4) is 0 Å². The summed E-state index contributed by atoms with van der Waals surface area (Å²) in [6.07, 6.45) is 2.51. The molecule has 180 valence electrons. The van der Waals surface area contributed by atoms with Crippen molar-refractivity contribution < 1.29 is 24.1 Å². The van der Waals surface area contributed by atoms with Gasteiger partial charge in [0, 0.05) is 22.7 Å². The maximum Gasteiger partial charge on any atom is 0.274 e. The number of benzene rings is 2. The molecular weight excluding hydrogens is 497 g/mol. The number of amides is 3. The highest BCUT2D eigenvalue weighted by Gasteiger charge is 2.62. The second-order valence-electron chi connectivity index (χ2n) is 9.09. The number of carbonyl (C=O) groups excluding carboxylic acids is 4. The van der Waals surface area contributed by atoms with Gasteiger partial charge in [0.2, 0.25) is 0 Å². The molecule has 1 saturated heterocycles. The number of halogens is 2. The Morgan fingerprint density at radius 1 is 1.03 bits per heavy atom. The standard InChI is InChI=1S/C24H19Cl2N3O6/c25-15-6-7-17(18(26)10-15)22(31)27(11-19(30)12-2-1-3-16(9-12)29(34)35)28-23(32)20-13-4-5-14(8-13)21(20)24(28)33/h1-3,6-7,9-10,13-14,20-21H,4-5,8,11H2/t13-,14+,20-,21-/m0/s1. The number of Topliss-reactive ketones (excluding diaryl/α,β-unsaturated/α-hetero) is 1. The van der Waals surface area contributed by atoms with Crippen LogP contribution < -0.4 is 0 Å². The van der Waals surface area contributed by atoms with Crippen molar-refractivity contribution in [1.82, 2.24) is 10.0 Å². The molecule has 2 aromatic carbocycles. The molecule has 0 radical (unpaired) electrons.